The van der Waals surface area contributed by atoms with E-state index >= 15 is 0 Å². The largest absolute Gasteiger partial charge is 0.416 e. The van der Waals surface area contributed by atoms with Crippen molar-refractivity contribution in [1.29, 1.82) is 0 Å². The minimum absolute atomic E-state index is 0.0110. The number of aryl methyl sites for hydroxylation is 1. The van der Waals surface area contributed by atoms with Crippen LogP contribution in [-0.2, 0) is 21.0 Å². The molecule has 1 aliphatic heterocycles. The molecule has 1 saturated carbocycles. The summed E-state index contributed by atoms with van der Waals surface area (Å²) >= 11 is 6.20. The highest BCUT2D eigenvalue weighted by atomic mass is 35.5. The second-order valence-corrected chi connectivity index (χ2v) is 13.1. The lowest BCUT2D eigenvalue weighted by Gasteiger charge is -2.40. The minimum Gasteiger partial charge on any atom is -0.382 e. The van der Waals surface area contributed by atoms with Crippen molar-refractivity contribution >= 4 is 38.9 Å². The third-order valence-electron chi connectivity index (χ3n) is 8.02. The van der Waals surface area contributed by atoms with E-state index in [9.17, 15) is 26.4 Å². The minimum atomic E-state index is -4.58. The molecule has 2 fully saturated rings. The summed E-state index contributed by atoms with van der Waals surface area (Å²) in [6, 6.07) is 13.2. The number of aromatic nitrogens is 1. The normalized spacial score (nSPS) is 20.4. The van der Waals surface area contributed by atoms with Gasteiger partial charge in [0, 0.05) is 30.2 Å². The number of benzene rings is 2. The Hall–Kier alpha value is -3.15. The van der Waals surface area contributed by atoms with E-state index in [2.05, 4.69) is 15.6 Å². The summed E-state index contributed by atoms with van der Waals surface area (Å²) in [6.07, 6.45) is 2.02. The monoisotopic (exact) mass is 620 g/mol. The predicted molar refractivity (Wildman–Crippen MR) is 156 cm³/mol. The molecule has 2 N–H and O–H groups in total. The van der Waals surface area contributed by atoms with Crippen LogP contribution < -0.4 is 10.6 Å². The molecule has 3 aromatic rings. The molecule has 224 valence electrons. The quantitative estimate of drug-likeness (QED) is 0.273. The number of nitrogens with one attached hydrogen (secondary N) is 2. The first-order valence-corrected chi connectivity index (χ1v) is 15.7. The predicted octanol–water partition coefficient (Wildman–Crippen LogP) is 7.20. The number of carbonyl (C=O) groups is 1. The molecule has 0 spiro atoms. The standard InChI is InChI=1S/C30H32ClF3N4O3S/c1-19-10-13-23(18-25(19)30(32,33)34)37-29(39)24-8-5-17-38(42(40,41)26-9-4-16-35-28(26)31)27(24)20-11-14-22(15-12-20)36-21-6-2-3-7-21/h4,9-16,18,21,24,27,36H,2-3,5-8,17H2,1H3,(H,37,39)/t24-,27-/m0/s1. The molecule has 0 radical (unpaired) electrons. The Balaban J connectivity index is 1.50. The summed E-state index contributed by atoms with van der Waals surface area (Å²) in [5.74, 6) is -1.45. The van der Waals surface area contributed by atoms with Crippen LogP contribution in [0.4, 0.5) is 24.5 Å². The van der Waals surface area contributed by atoms with Crippen molar-refractivity contribution < 1.29 is 26.4 Å². The van der Waals surface area contributed by atoms with Crippen LogP contribution in [0.3, 0.4) is 0 Å². The van der Waals surface area contributed by atoms with Crippen LogP contribution in [0, 0.1) is 12.8 Å². The number of halogens is 4. The van der Waals surface area contributed by atoms with Gasteiger partial charge in [0.15, 0.2) is 0 Å². The maximum atomic E-state index is 13.9. The topological polar surface area (TPSA) is 91.4 Å². The first kappa shape index (κ1) is 30.3. The zero-order chi connectivity index (χ0) is 30.1. The number of hydrogen-bond acceptors (Lipinski definition) is 5. The number of piperidine rings is 1. The highest BCUT2D eigenvalue weighted by Gasteiger charge is 2.44. The smallest absolute Gasteiger partial charge is 0.382 e. The summed E-state index contributed by atoms with van der Waals surface area (Å²) in [5, 5.41) is 5.95. The lowest BCUT2D eigenvalue weighted by atomic mass is 9.85. The molecule has 2 heterocycles. The molecule has 1 saturated heterocycles. The fourth-order valence-corrected chi connectivity index (χ4v) is 8.04. The summed E-state index contributed by atoms with van der Waals surface area (Å²) in [4.78, 5) is 17.5. The van der Waals surface area contributed by atoms with Gasteiger partial charge in [-0.3, -0.25) is 4.79 Å². The van der Waals surface area contributed by atoms with E-state index < -0.39 is 39.6 Å². The van der Waals surface area contributed by atoms with Gasteiger partial charge in [-0.15, -0.1) is 0 Å². The van der Waals surface area contributed by atoms with Crippen molar-refractivity contribution in [2.75, 3.05) is 17.2 Å². The van der Waals surface area contributed by atoms with Gasteiger partial charge in [-0.25, -0.2) is 13.4 Å². The molecule has 1 aromatic heterocycles. The molecule has 7 nitrogen and oxygen atoms in total. The SMILES string of the molecule is Cc1ccc(NC(=O)[C@H]2CCCN(S(=O)(=O)c3cccnc3Cl)[C@H]2c2ccc(NC3CCCC3)cc2)cc1C(F)(F)F. The van der Waals surface area contributed by atoms with Gasteiger partial charge in [-0.2, -0.15) is 17.5 Å². The van der Waals surface area contributed by atoms with Crippen molar-refractivity contribution in [1.82, 2.24) is 9.29 Å². The molecule has 5 rings (SSSR count). The van der Waals surface area contributed by atoms with Crippen LogP contribution in [0.2, 0.25) is 5.15 Å². The molecule has 1 aliphatic carbocycles. The number of sulfonamides is 1. The third kappa shape index (κ3) is 6.43. The van der Waals surface area contributed by atoms with E-state index in [1.54, 1.807) is 12.1 Å². The van der Waals surface area contributed by atoms with Crippen LogP contribution >= 0.6 is 11.6 Å². The second-order valence-electron chi connectivity index (χ2n) is 10.9. The van der Waals surface area contributed by atoms with E-state index in [0.29, 0.717) is 24.4 Å². The third-order valence-corrected chi connectivity index (χ3v) is 10.3. The lowest BCUT2D eigenvalue weighted by molar-refractivity contribution is -0.138. The van der Waals surface area contributed by atoms with Crippen molar-refractivity contribution in [2.45, 2.75) is 68.6 Å². The van der Waals surface area contributed by atoms with E-state index in [1.165, 1.54) is 54.5 Å². The molecule has 12 heteroatoms. The van der Waals surface area contributed by atoms with Crippen LogP contribution in [-0.4, -0.2) is 36.2 Å². The Morgan fingerprint density at radius 2 is 1.69 bits per heavy atom. The van der Waals surface area contributed by atoms with Crippen molar-refractivity contribution in [3.05, 3.63) is 82.6 Å². The highest BCUT2D eigenvalue weighted by molar-refractivity contribution is 7.89. The summed E-state index contributed by atoms with van der Waals surface area (Å²) < 4.78 is 69.7. The van der Waals surface area contributed by atoms with E-state index in [1.807, 2.05) is 12.1 Å². The Bertz CT molecular complexity index is 1540. The fraction of sp³-hybridized carbons (Fsp3) is 0.400. The van der Waals surface area contributed by atoms with Crippen LogP contribution in [0.25, 0.3) is 0 Å². The van der Waals surface area contributed by atoms with E-state index in [4.69, 9.17) is 11.6 Å². The maximum Gasteiger partial charge on any atom is 0.416 e. The first-order valence-electron chi connectivity index (χ1n) is 13.9. The van der Waals surface area contributed by atoms with Gasteiger partial charge in [0.2, 0.25) is 15.9 Å². The maximum absolute atomic E-state index is 13.9. The van der Waals surface area contributed by atoms with Gasteiger partial charge in [0.1, 0.15) is 10.0 Å². The van der Waals surface area contributed by atoms with Gasteiger partial charge < -0.3 is 10.6 Å². The Morgan fingerprint density at radius 3 is 2.36 bits per heavy atom. The zero-order valence-corrected chi connectivity index (χ0v) is 24.6. The lowest BCUT2D eigenvalue weighted by Crippen LogP contribution is -2.46. The van der Waals surface area contributed by atoms with Crippen LogP contribution in [0.5, 0.6) is 0 Å². The van der Waals surface area contributed by atoms with Gasteiger partial charge >= 0.3 is 6.18 Å². The van der Waals surface area contributed by atoms with Gasteiger partial charge in [-0.1, -0.05) is 42.6 Å². The first-order chi connectivity index (χ1) is 19.9. The van der Waals surface area contributed by atoms with Crippen molar-refractivity contribution in [3.8, 4) is 0 Å². The molecule has 42 heavy (non-hydrogen) atoms. The molecule has 0 unspecified atom stereocenters. The van der Waals surface area contributed by atoms with Crippen molar-refractivity contribution in [2.24, 2.45) is 5.92 Å². The molecule has 2 atom stereocenters. The van der Waals surface area contributed by atoms with Gasteiger partial charge in [0.05, 0.1) is 17.5 Å². The highest BCUT2D eigenvalue weighted by Crippen LogP contribution is 2.42. The van der Waals surface area contributed by atoms with E-state index in [-0.39, 0.29) is 27.8 Å². The Morgan fingerprint density at radius 1 is 1.00 bits per heavy atom. The second kappa shape index (κ2) is 12.2. The van der Waals surface area contributed by atoms with Gasteiger partial charge in [-0.05, 0) is 80.1 Å². The summed E-state index contributed by atoms with van der Waals surface area (Å²) in [5.41, 5.74) is 0.666. The Kier molecular flexibility index (Phi) is 8.82. The summed E-state index contributed by atoms with van der Waals surface area (Å²) in [7, 11) is -4.20. The molecule has 2 aliphatic rings. The average Bonchev–Trinajstić information content (AvgIpc) is 3.47. The Labute approximate surface area is 248 Å². The number of anilines is 2. The molecular formula is C30H32ClF3N4O3S. The molecule has 2 aromatic carbocycles. The number of hydrogen-bond donors (Lipinski definition) is 2. The van der Waals surface area contributed by atoms with Gasteiger partial charge in [0.25, 0.3) is 0 Å². The number of amides is 1. The average molecular weight is 621 g/mol. The van der Waals surface area contributed by atoms with E-state index in [0.717, 1.165) is 24.6 Å². The number of nitrogens with zero attached hydrogens (tertiary/aromatic N) is 2. The molecule has 1 amide bonds. The molecular weight excluding hydrogens is 589 g/mol. The van der Waals surface area contributed by atoms with Crippen LogP contribution in [0.1, 0.15) is 61.3 Å². The number of alkyl halides is 3. The number of pyridine rings is 1. The molecule has 0 bridgehead atoms. The number of carbonyl (C=O) groups excluding carboxylic acids is 1. The van der Waals surface area contributed by atoms with Crippen molar-refractivity contribution in [3.63, 3.8) is 0 Å². The van der Waals surface area contributed by atoms with Crippen LogP contribution in [0.15, 0.2) is 65.7 Å². The summed E-state index contributed by atoms with van der Waals surface area (Å²) in [6.45, 7) is 1.48. The zero-order valence-electron chi connectivity index (χ0n) is 23.0. The number of rotatable bonds is 7. The fourth-order valence-electron chi connectivity index (χ4n) is 5.92.